The lowest BCUT2D eigenvalue weighted by Crippen LogP contribution is -2.54. The minimum atomic E-state index is -0.690. The Morgan fingerprint density at radius 1 is 1.03 bits per heavy atom. The summed E-state index contributed by atoms with van der Waals surface area (Å²) in [5.41, 5.74) is 1.26. The highest BCUT2D eigenvalue weighted by Crippen LogP contribution is 2.29. The third-order valence-electron chi connectivity index (χ3n) is 7.07. The zero-order valence-corrected chi connectivity index (χ0v) is 19.8. The van der Waals surface area contributed by atoms with E-state index in [9.17, 15) is 18.9 Å². The van der Waals surface area contributed by atoms with E-state index in [0.717, 1.165) is 63.4 Å². The first-order valence-electron chi connectivity index (χ1n) is 12.4. The second-order valence-electron chi connectivity index (χ2n) is 9.52. The largest absolute Gasteiger partial charge is 0.423 e. The van der Waals surface area contributed by atoms with Gasteiger partial charge in [0, 0.05) is 55.1 Å². The molecule has 0 amide bonds. The van der Waals surface area contributed by atoms with Gasteiger partial charge in [0.15, 0.2) is 5.76 Å². The average molecular weight is 498 g/mol. The number of nitro groups is 1. The van der Waals surface area contributed by atoms with Crippen molar-refractivity contribution in [2.45, 2.75) is 56.7 Å². The van der Waals surface area contributed by atoms with Crippen LogP contribution in [0.5, 0.6) is 0 Å². The molecule has 3 atom stereocenters. The molecule has 190 valence electrons. The first-order valence-corrected chi connectivity index (χ1v) is 12.4. The Kier molecular flexibility index (Phi) is 7.13. The van der Waals surface area contributed by atoms with Gasteiger partial charge in [-0.2, -0.15) is 0 Å². The second-order valence-corrected chi connectivity index (χ2v) is 9.52. The van der Waals surface area contributed by atoms with Gasteiger partial charge >= 0.3 is 0 Å². The number of oxazole rings is 1. The van der Waals surface area contributed by atoms with E-state index in [2.05, 4.69) is 20.5 Å². The number of nitro benzene ring substituents is 1. The molecule has 36 heavy (non-hydrogen) atoms. The smallest absolute Gasteiger partial charge is 0.295 e. The summed E-state index contributed by atoms with van der Waals surface area (Å²) in [6.07, 6.45) is 7.74. The van der Waals surface area contributed by atoms with Gasteiger partial charge in [0.2, 0.25) is 0 Å². The van der Waals surface area contributed by atoms with E-state index in [4.69, 9.17) is 4.42 Å². The van der Waals surface area contributed by atoms with Crippen LogP contribution in [-0.4, -0.2) is 41.1 Å². The van der Waals surface area contributed by atoms with Crippen LogP contribution in [0.2, 0.25) is 0 Å². The Balaban J connectivity index is 1.22. The van der Waals surface area contributed by atoms with Crippen LogP contribution in [0.4, 0.5) is 26.2 Å². The number of halogens is 2. The molecule has 10 heteroatoms. The van der Waals surface area contributed by atoms with Crippen LogP contribution >= 0.6 is 0 Å². The molecule has 0 radical (unpaired) electrons. The van der Waals surface area contributed by atoms with Crippen LogP contribution in [0.15, 0.2) is 53.1 Å². The van der Waals surface area contributed by atoms with E-state index in [0.29, 0.717) is 6.01 Å². The minimum Gasteiger partial charge on any atom is -0.423 e. The number of nitrogens with one attached hydrogen (secondary N) is 2. The van der Waals surface area contributed by atoms with Crippen LogP contribution < -0.4 is 15.5 Å². The van der Waals surface area contributed by atoms with Crippen LogP contribution in [0, 0.1) is 21.7 Å². The Hall–Kier alpha value is -3.53. The van der Waals surface area contributed by atoms with Gasteiger partial charge in [-0.1, -0.05) is 12.8 Å². The third-order valence-corrected chi connectivity index (χ3v) is 7.07. The number of anilines is 2. The number of rotatable bonds is 7. The van der Waals surface area contributed by atoms with E-state index in [1.165, 1.54) is 18.3 Å². The number of non-ortho nitro benzene ring substituents is 1. The molecule has 5 rings (SSSR count). The molecular formula is C26H29F2N5O3. The quantitative estimate of drug-likeness (QED) is 0.328. The molecular weight excluding hydrogens is 468 g/mol. The van der Waals surface area contributed by atoms with Crippen molar-refractivity contribution in [2.24, 2.45) is 0 Å². The standard InChI is InChI=1S/C26H29F2N5O3/c27-17-7-12-21(22(28)14-17)25-15-29-26(36-25)31-24-6-2-1-5-23(24)30-18-4-3-13-32(16-18)19-8-10-20(11-9-19)33(34)35/h7-12,14-15,18,23-24,30H,1-6,13,16H2,(H,29,31)/t18-,23?,24?/m0/s1. The molecule has 2 heterocycles. The highest BCUT2D eigenvalue weighted by molar-refractivity contribution is 5.58. The lowest BCUT2D eigenvalue weighted by Gasteiger charge is -2.40. The lowest BCUT2D eigenvalue weighted by molar-refractivity contribution is -0.384. The van der Waals surface area contributed by atoms with Crippen molar-refractivity contribution < 1.29 is 18.1 Å². The topological polar surface area (TPSA) is 96.5 Å². The van der Waals surface area contributed by atoms with E-state index < -0.39 is 11.6 Å². The van der Waals surface area contributed by atoms with Crippen LogP contribution in [0.3, 0.4) is 0 Å². The van der Waals surface area contributed by atoms with E-state index in [1.54, 1.807) is 12.1 Å². The van der Waals surface area contributed by atoms with Gasteiger partial charge in [-0.3, -0.25) is 10.1 Å². The van der Waals surface area contributed by atoms with Crippen molar-refractivity contribution in [3.05, 3.63) is 70.4 Å². The van der Waals surface area contributed by atoms with Gasteiger partial charge in [0.05, 0.1) is 16.7 Å². The second kappa shape index (κ2) is 10.6. The number of benzene rings is 2. The summed E-state index contributed by atoms with van der Waals surface area (Å²) in [7, 11) is 0. The number of hydrogen-bond acceptors (Lipinski definition) is 7. The molecule has 1 saturated carbocycles. The molecule has 3 aromatic rings. The molecule has 2 unspecified atom stereocenters. The van der Waals surface area contributed by atoms with Gasteiger partial charge in [0.25, 0.3) is 11.7 Å². The van der Waals surface area contributed by atoms with Gasteiger partial charge in [-0.15, -0.1) is 0 Å². The Labute approximate surface area is 207 Å². The molecule has 0 spiro atoms. The Morgan fingerprint density at radius 2 is 1.81 bits per heavy atom. The summed E-state index contributed by atoms with van der Waals surface area (Å²) < 4.78 is 33.2. The highest BCUT2D eigenvalue weighted by atomic mass is 19.1. The molecule has 2 fully saturated rings. The van der Waals surface area contributed by atoms with Gasteiger partial charge in [-0.25, -0.2) is 13.8 Å². The van der Waals surface area contributed by atoms with Crippen molar-refractivity contribution in [3.63, 3.8) is 0 Å². The molecule has 2 aliphatic rings. The predicted molar refractivity (Wildman–Crippen MR) is 133 cm³/mol. The van der Waals surface area contributed by atoms with Gasteiger partial charge < -0.3 is 20.0 Å². The molecule has 0 bridgehead atoms. The van der Waals surface area contributed by atoms with Crippen molar-refractivity contribution in [1.29, 1.82) is 0 Å². The van der Waals surface area contributed by atoms with Gasteiger partial charge in [0.1, 0.15) is 11.6 Å². The molecule has 8 nitrogen and oxygen atoms in total. The molecule has 2 aromatic carbocycles. The lowest BCUT2D eigenvalue weighted by atomic mass is 9.89. The highest BCUT2D eigenvalue weighted by Gasteiger charge is 2.30. The van der Waals surface area contributed by atoms with Crippen LogP contribution in [-0.2, 0) is 0 Å². The predicted octanol–water partition coefficient (Wildman–Crippen LogP) is 5.51. The van der Waals surface area contributed by atoms with E-state index in [-0.39, 0.29) is 40.1 Å². The van der Waals surface area contributed by atoms with E-state index >= 15 is 0 Å². The maximum Gasteiger partial charge on any atom is 0.295 e. The first kappa shape index (κ1) is 24.2. The molecule has 1 aliphatic heterocycles. The van der Waals surface area contributed by atoms with Crippen molar-refractivity contribution in [3.8, 4) is 11.3 Å². The SMILES string of the molecule is O=[N+]([O-])c1ccc(N2CCC[C@H](NC3CCCCC3Nc3ncc(-c4ccc(F)cc4F)o3)C2)cc1. The maximum absolute atomic E-state index is 14.1. The zero-order valence-electron chi connectivity index (χ0n) is 19.8. The monoisotopic (exact) mass is 497 g/mol. The number of piperidine rings is 1. The summed E-state index contributed by atoms with van der Waals surface area (Å²) in [5, 5.41) is 18.2. The zero-order chi connectivity index (χ0) is 25.1. The summed E-state index contributed by atoms with van der Waals surface area (Å²) in [6, 6.07) is 11.0. The van der Waals surface area contributed by atoms with Crippen molar-refractivity contribution in [1.82, 2.24) is 10.3 Å². The summed E-state index contributed by atoms with van der Waals surface area (Å²) in [6.45, 7) is 1.75. The van der Waals surface area contributed by atoms with Crippen LogP contribution in [0.1, 0.15) is 38.5 Å². The molecule has 2 N–H and O–H groups in total. The summed E-state index contributed by atoms with van der Waals surface area (Å²) in [4.78, 5) is 17.1. The van der Waals surface area contributed by atoms with Gasteiger partial charge in [-0.05, 0) is 49.9 Å². The normalized spacial score (nSPS) is 22.4. The van der Waals surface area contributed by atoms with Crippen molar-refractivity contribution >= 4 is 17.4 Å². The fourth-order valence-electron chi connectivity index (χ4n) is 5.25. The van der Waals surface area contributed by atoms with Crippen LogP contribution in [0.25, 0.3) is 11.3 Å². The Morgan fingerprint density at radius 3 is 2.56 bits per heavy atom. The number of nitrogens with zero attached hydrogens (tertiary/aromatic N) is 3. The van der Waals surface area contributed by atoms with Crippen molar-refractivity contribution in [2.75, 3.05) is 23.3 Å². The summed E-state index contributed by atoms with van der Waals surface area (Å²) in [5.74, 6) is -1.08. The number of hydrogen-bond donors (Lipinski definition) is 2. The molecule has 1 aliphatic carbocycles. The fourth-order valence-corrected chi connectivity index (χ4v) is 5.25. The number of aromatic nitrogens is 1. The fraction of sp³-hybridized carbons (Fsp3) is 0.423. The van der Waals surface area contributed by atoms with E-state index in [1.807, 2.05) is 12.1 Å². The maximum atomic E-state index is 14.1. The Bertz CT molecular complexity index is 1200. The molecule has 1 saturated heterocycles. The average Bonchev–Trinajstić information content (AvgIpc) is 3.33. The summed E-state index contributed by atoms with van der Waals surface area (Å²) >= 11 is 0. The minimum absolute atomic E-state index is 0.0958. The molecule has 1 aromatic heterocycles. The third kappa shape index (κ3) is 5.48. The first-order chi connectivity index (χ1) is 17.5.